The predicted molar refractivity (Wildman–Crippen MR) is 117 cm³/mol. The number of fused-ring (bicyclic) bond motifs is 1. The summed E-state index contributed by atoms with van der Waals surface area (Å²) in [6, 6.07) is 14.8. The number of thioether (sulfide) groups is 1. The van der Waals surface area contributed by atoms with Crippen LogP contribution in [0, 0.1) is 17.0 Å². The minimum absolute atomic E-state index is 0.102. The van der Waals surface area contributed by atoms with Crippen LogP contribution in [0.15, 0.2) is 53.7 Å². The Morgan fingerprint density at radius 3 is 2.70 bits per heavy atom. The first kappa shape index (κ1) is 20.2. The van der Waals surface area contributed by atoms with Gasteiger partial charge in [-0.25, -0.2) is 4.98 Å². The number of benzene rings is 2. The third-order valence-electron chi connectivity index (χ3n) is 5.16. The number of rotatable bonds is 6. The highest BCUT2D eigenvalue weighted by molar-refractivity contribution is 7.99. The molecule has 0 radical (unpaired) electrons. The average molecular weight is 423 g/mol. The summed E-state index contributed by atoms with van der Waals surface area (Å²) in [6.07, 6.45) is 4.18. The number of anilines is 1. The first-order valence-corrected chi connectivity index (χ1v) is 10.9. The van der Waals surface area contributed by atoms with E-state index < -0.39 is 4.92 Å². The van der Waals surface area contributed by atoms with Gasteiger partial charge in [-0.3, -0.25) is 19.5 Å². The van der Waals surface area contributed by atoms with Crippen molar-refractivity contribution in [3.05, 3.63) is 75.6 Å². The van der Waals surface area contributed by atoms with Crippen molar-refractivity contribution in [1.29, 1.82) is 0 Å². The van der Waals surface area contributed by atoms with Crippen molar-refractivity contribution < 1.29 is 9.72 Å². The summed E-state index contributed by atoms with van der Waals surface area (Å²) < 4.78 is 2.14. The molecule has 154 valence electrons. The minimum atomic E-state index is -0.480. The van der Waals surface area contributed by atoms with E-state index in [0.29, 0.717) is 5.56 Å². The lowest BCUT2D eigenvalue weighted by molar-refractivity contribution is -0.384. The number of aryl methyl sites for hydroxylation is 2. The molecule has 0 atom stereocenters. The second-order valence-corrected chi connectivity index (χ2v) is 8.17. The molecule has 0 aliphatic heterocycles. The molecule has 1 aromatic heterocycles. The van der Waals surface area contributed by atoms with Gasteiger partial charge in [-0.1, -0.05) is 42.1 Å². The van der Waals surface area contributed by atoms with Gasteiger partial charge in [-0.05, 0) is 50.3 Å². The summed E-state index contributed by atoms with van der Waals surface area (Å²) in [5.41, 5.74) is 4.15. The van der Waals surface area contributed by atoms with Crippen LogP contribution in [0.5, 0.6) is 0 Å². The Morgan fingerprint density at radius 1 is 1.17 bits per heavy atom. The smallest absolute Gasteiger partial charge is 0.293 e. The molecule has 1 aliphatic rings. The van der Waals surface area contributed by atoms with Crippen molar-refractivity contribution in [2.45, 2.75) is 37.8 Å². The van der Waals surface area contributed by atoms with Gasteiger partial charge in [0.15, 0.2) is 5.16 Å². The molecule has 0 saturated heterocycles. The van der Waals surface area contributed by atoms with Crippen LogP contribution in [0.2, 0.25) is 0 Å². The molecule has 0 bridgehead atoms. The summed E-state index contributed by atoms with van der Waals surface area (Å²) in [4.78, 5) is 28.2. The zero-order chi connectivity index (χ0) is 21.1. The van der Waals surface area contributed by atoms with E-state index in [4.69, 9.17) is 4.98 Å². The number of nitrogens with one attached hydrogen (secondary N) is 1. The van der Waals surface area contributed by atoms with Crippen LogP contribution in [0.1, 0.15) is 29.8 Å². The van der Waals surface area contributed by atoms with E-state index in [9.17, 15) is 14.9 Å². The van der Waals surface area contributed by atoms with Crippen LogP contribution in [0.4, 0.5) is 11.4 Å². The Bertz CT molecular complexity index is 1100. The Morgan fingerprint density at radius 2 is 1.93 bits per heavy atom. The van der Waals surface area contributed by atoms with Gasteiger partial charge in [0.25, 0.3) is 5.69 Å². The van der Waals surface area contributed by atoms with Crippen LogP contribution in [0.25, 0.3) is 5.69 Å². The van der Waals surface area contributed by atoms with E-state index >= 15 is 0 Å². The third-order valence-corrected chi connectivity index (χ3v) is 6.10. The molecule has 0 fully saturated rings. The quantitative estimate of drug-likeness (QED) is 0.353. The molecule has 30 heavy (non-hydrogen) atoms. The number of hydrogen-bond donors (Lipinski definition) is 1. The van der Waals surface area contributed by atoms with Gasteiger partial charge in [0.2, 0.25) is 5.91 Å². The number of hydrogen-bond acceptors (Lipinski definition) is 5. The van der Waals surface area contributed by atoms with Crippen molar-refractivity contribution in [1.82, 2.24) is 9.55 Å². The Kier molecular flexibility index (Phi) is 5.85. The summed E-state index contributed by atoms with van der Waals surface area (Å²) in [5, 5.41) is 14.8. The van der Waals surface area contributed by atoms with E-state index in [0.717, 1.165) is 42.2 Å². The van der Waals surface area contributed by atoms with Gasteiger partial charge in [-0.2, -0.15) is 0 Å². The molecule has 8 heteroatoms. The Hall–Kier alpha value is -3.13. The largest absolute Gasteiger partial charge is 0.319 e. The van der Waals surface area contributed by atoms with E-state index in [1.54, 1.807) is 19.1 Å². The highest BCUT2D eigenvalue weighted by Crippen LogP contribution is 2.31. The zero-order valence-corrected chi connectivity index (χ0v) is 17.4. The van der Waals surface area contributed by atoms with E-state index in [-0.39, 0.29) is 23.0 Å². The molecule has 1 N–H and O–H groups in total. The number of nitrogens with zero attached hydrogens (tertiary/aromatic N) is 3. The highest BCUT2D eigenvalue weighted by Gasteiger charge is 2.23. The first-order valence-electron chi connectivity index (χ1n) is 9.87. The normalized spacial score (nSPS) is 13.0. The lowest BCUT2D eigenvalue weighted by Crippen LogP contribution is -2.16. The first-order chi connectivity index (χ1) is 14.5. The van der Waals surface area contributed by atoms with Crippen LogP contribution < -0.4 is 5.32 Å². The molecule has 7 nitrogen and oxygen atoms in total. The average Bonchev–Trinajstić information content (AvgIpc) is 3.12. The maximum atomic E-state index is 12.6. The van der Waals surface area contributed by atoms with Crippen molar-refractivity contribution in [2.24, 2.45) is 0 Å². The summed E-state index contributed by atoms with van der Waals surface area (Å²) >= 11 is 1.35. The van der Waals surface area contributed by atoms with Gasteiger partial charge in [0.05, 0.1) is 16.4 Å². The second-order valence-electron chi connectivity index (χ2n) is 7.23. The molecule has 0 saturated carbocycles. The summed E-state index contributed by atoms with van der Waals surface area (Å²) in [6.45, 7) is 1.74. The number of para-hydroxylation sites is 2. The molecular weight excluding hydrogens is 400 g/mol. The molecule has 4 rings (SSSR count). The molecule has 0 unspecified atom stereocenters. The van der Waals surface area contributed by atoms with E-state index in [1.165, 1.54) is 23.5 Å². The SMILES string of the molecule is Cc1cccc([N+](=O)[O-])c1NC(=O)CSc1nc2c(n1-c1ccccc1)CCCC2. The number of imidazole rings is 1. The zero-order valence-electron chi connectivity index (χ0n) is 16.6. The van der Waals surface area contributed by atoms with E-state index in [1.807, 2.05) is 30.3 Å². The van der Waals surface area contributed by atoms with Crippen molar-refractivity contribution in [3.63, 3.8) is 0 Å². The lowest BCUT2D eigenvalue weighted by atomic mass is 10.0. The van der Waals surface area contributed by atoms with Gasteiger partial charge < -0.3 is 5.32 Å². The number of carbonyl (C=O) groups excluding carboxylic acids is 1. The highest BCUT2D eigenvalue weighted by atomic mass is 32.2. The third kappa shape index (κ3) is 4.09. The van der Waals surface area contributed by atoms with Crippen LogP contribution >= 0.6 is 11.8 Å². The summed E-state index contributed by atoms with van der Waals surface area (Å²) in [7, 11) is 0. The van der Waals surface area contributed by atoms with Crippen LogP contribution in [0.3, 0.4) is 0 Å². The number of nitro benzene ring substituents is 1. The van der Waals surface area contributed by atoms with Gasteiger partial charge in [0, 0.05) is 17.4 Å². The molecule has 0 spiro atoms. The fourth-order valence-corrected chi connectivity index (χ4v) is 4.58. The maximum Gasteiger partial charge on any atom is 0.293 e. The summed E-state index contributed by atoms with van der Waals surface area (Å²) in [5.74, 6) is -0.174. The van der Waals surface area contributed by atoms with E-state index in [2.05, 4.69) is 9.88 Å². The molecule has 2 aromatic carbocycles. The molecular formula is C22H22N4O3S. The van der Waals surface area contributed by atoms with Crippen molar-refractivity contribution in [2.75, 3.05) is 11.1 Å². The molecule has 1 amide bonds. The molecule has 1 heterocycles. The Labute approximate surface area is 178 Å². The topological polar surface area (TPSA) is 90.1 Å². The molecule has 3 aromatic rings. The minimum Gasteiger partial charge on any atom is -0.319 e. The number of carbonyl (C=O) groups is 1. The van der Waals surface area contributed by atoms with Gasteiger partial charge in [0.1, 0.15) is 5.69 Å². The van der Waals surface area contributed by atoms with Gasteiger partial charge in [-0.15, -0.1) is 0 Å². The number of aromatic nitrogens is 2. The fraction of sp³-hybridized carbons (Fsp3) is 0.273. The van der Waals surface area contributed by atoms with Crippen molar-refractivity contribution in [3.8, 4) is 5.69 Å². The molecule has 1 aliphatic carbocycles. The Balaban J connectivity index is 1.56. The predicted octanol–water partition coefficient (Wildman–Crippen LogP) is 4.70. The number of amides is 1. The van der Waals surface area contributed by atoms with Gasteiger partial charge >= 0.3 is 0 Å². The maximum absolute atomic E-state index is 12.6. The van der Waals surface area contributed by atoms with Crippen LogP contribution in [-0.4, -0.2) is 26.1 Å². The second kappa shape index (κ2) is 8.71. The number of nitro groups is 1. The lowest BCUT2D eigenvalue weighted by Gasteiger charge is -2.15. The standard InChI is InChI=1S/C22H22N4O3S/c1-15-8-7-13-19(26(28)29)21(15)24-20(27)14-30-22-23-17-11-5-6-12-18(17)25(22)16-9-3-2-4-10-16/h2-4,7-10,13H,5-6,11-12,14H2,1H3,(H,24,27). The van der Waals surface area contributed by atoms with Crippen LogP contribution in [-0.2, 0) is 17.6 Å². The van der Waals surface area contributed by atoms with Crippen molar-refractivity contribution >= 4 is 29.0 Å². The monoisotopic (exact) mass is 422 g/mol. The fourth-order valence-electron chi connectivity index (χ4n) is 3.73.